The van der Waals surface area contributed by atoms with Crippen molar-refractivity contribution in [1.82, 2.24) is 0 Å². The molecule has 0 saturated carbocycles. The Labute approximate surface area is 419 Å². The second-order valence-electron chi connectivity index (χ2n) is 16.7. The molecule has 0 aliphatic rings. The van der Waals surface area contributed by atoms with Crippen LogP contribution in [0.5, 0.6) is 23.0 Å². The molecule has 0 amide bonds. The van der Waals surface area contributed by atoms with Crippen LogP contribution in [0, 0.1) is 0 Å². The highest BCUT2D eigenvalue weighted by Crippen LogP contribution is 2.49. The third-order valence-electron chi connectivity index (χ3n) is 12.3. The Balaban J connectivity index is 1.27. The zero-order chi connectivity index (χ0) is 51.6. The average Bonchev–Trinajstić information content (AvgIpc) is 3.40. The number of methoxy groups -OCH3 is 2. The number of aliphatic hydroxyl groups excluding tert-OH is 2. The predicted octanol–water partition coefficient (Wildman–Crippen LogP) is 12.1. The lowest BCUT2D eigenvalue weighted by molar-refractivity contribution is 0.220. The van der Waals surface area contributed by atoms with Gasteiger partial charge in [0.1, 0.15) is 56.2 Å². The molecule has 0 aromatic heterocycles. The summed E-state index contributed by atoms with van der Waals surface area (Å²) in [5.74, 6) is -1.38. The molecule has 0 heterocycles. The molecule has 2 unspecified atom stereocenters. The number of phenolic OH excluding ortho intramolecular Hbond substituents is 2. The topological polar surface area (TPSA) is 258 Å². The first-order chi connectivity index (χ1) is 35.1. The van der Waals surface area contributed by atoms with Crippen LogP contribution in [0.2, 0.25) is 0 Å². The van der Waals surface area contributed by atoms with Gasteiger partial charge >= 0.3 is 0 Å². The third-order valence-corrected chi connectivity index (χ3v) is 14.1. The van der Waals surface area contributed by atoms with Gasteiger partial charge in [-0.05, 0) is 64.2 Å². The lowest BCUT2D eigenvalue weighted by Crippen LogP contribution is -2.09. The van der Waals surface area contributed by atoms with Crippen LogP contribution in [0.15, 0.2) is 206 Å². The van der Waals surface area contributed by atoms with E-state index in [1.54, 1.807) is 109 Å². The molecule has 9 rings (SSSR count). The minimum Gasteiger partial charge on any atom is -0.505 e. The normalized spacial score (nSPS) is 13.4. The number of aromatic hydroxyl groups is 2. The van der Waals surface area contributed by atoms with Gasteiger partial charge in [-0.1, -0.05) is 140 Å². The molecule has 0 aliphatic heterocycles. The first-order valence-electron chi connectivity index (χ1n) is 22.3. The maximum atomic E-state index is 12.6. The molecule has 0 saturated heterocycles. The van der Waals surface area contributed by atoms with Gasteiger partial charge in [0, 0.05) is 38.6 Å². The van der Waals surface area contributed by atoms with Crippen LogP contribution in [0.3, 0.4) is 0 Å². The third kappa shape index (κ3) is 9.98. The summed E-state index contributed by atoms with van der Waals surface area (Å²) in [6.07, 6.45) is -2.75. The summed E-state index contributed by atoms with van der Waals surface area (Å²) in [6.45, 7) is 0. The molecular weight excluding hydrogens is 973 g/mol. The van der Waals surface area contributed by atoms with E-state index in [9.17, 15) is 46.4 Å². The molecule has 2 atom stereocenters. The zero-order valence-electron chi connectivity index (χ0n) is 38.7. The van der Waals surface area contributed by atoms with Gasteiger partial charge in [-0.25, -0.2) is 0 Å². The van der Waals surface area contributed by atoms with E-state index in [-0.39, 0.29) is 66.9 Å². The molecule has 16 nitrogen and oxygen atoms in total. The van der Waals surface area contributed by atoms with Gasteiger partial charge in [0.05, 0.1) is 14.2 Å². The van der Waals surface area contributed by atoms with Gasteiger partial charge in [-0.15, -0.1) is 20.5 Å². The second kappa shape index (κ2) is 20.4. The van der Waals surface area contributed by atoms with Crippen LogP contribution in [0.25, 0.3) is 21.5 Å². The van der Waals surface area contributed by atoms with Crippen LogP contribution < -0.4 is 9.47 Å². The number of benzene rings is 9. The van der Waals surface area contributed by atoms with Crippen molar-refractivity contribution in [2.24, 2.45) is 20.5 Å². The van der Waals surface area contributed by atoms with Crippen molar-refractivity contribution in [1.29, 1.82) is 0 Å². The smallest absolute Gasteiger partial charge is 0.295 e. The van der Waals surface area contributed by atoms with Crippen molar-refractivity contribution >= 4 is 64.5 Å². The summed E-state index contributed by atoms with van der Waals surface area (Å²) >= 11 is 0. The van der Waals surface area contributed by atoms with Crippen molar-refractivity contribution in [3.63, 3.8) is 0 Å². The standard InChI is InChI=1S/C55H44N4O12S2/c1-70-45-28-35(26-41(52(60)33-18-8-4-9-19-33)50(45)58-56-43-30-47(72(64,65)66)37-22-12-14-24-39(37)54(43)62)49(32-16-6-3-7-17-32)36-27-42(53(61)34-20-10-5-11-21-34)51(46(29-36)71-2)59-57-44-31-48(73(67,68)69)38-23-13-15-25-40(38)55(44)63/h3-31,49,52-53,60-63H,1-2H3,(H,64,65,66)(H,67,68,69)/b58-56+,59-57+. The largest absolute Gasteiger partial charge is 0.505 e. The molecule has 18 heteroatoms. The molecule has 73 heavy (non-hydrogen) atoms. The van der Waals surface area contributed by atoms with Crippen molar-refractivity contribution in [2.45, 2.75) is 27.9 Å². The number of aliphatic hydroxyl groups is 2. The van der Waals surface area contributed by atoms with Gasteiger partial charge < -0.3 is 29.9 Å². The van der Waals surface area contributed by atoms with Crippen molar-refractivity contribution < 1.29 is 55.8 Å². The van der Waals surface area contributed by atoms with E-state index < -0.39 is 59.7 Å². The summed E-state index contributed by atoms with van der Waals surface area (Å²) in [5.41, 5.74) is 2.50. The molecule has 368 valence electrons. The first kappa shape index (κ1) is 49.6. The Morgan fingerprint density at radius 1 is 0.411 bits per heavy atom. The van der Waals surface area contributed by atoms with E-state index in [2.05, 4.69) is 20.5 Å². The number of hydrogen-bond acceptors (Lipinski definition) is 14. The van der Waals surface area contributed by atoms with E-state index >= 15 is 0 Å². The maximum Gasteiger partial charge on any atom is 0.295 e. The highest BCUT2D eigenvalue weighted by molar-refractivity contribution is 7.86. The Kier molecular flexibility index (Phi) is 13.9. The Morgan fingerprint density at radius 2 is 0.740 bits per heavy atom. The highest BCUT2D eigenvalue weighted by Gasteiger charge is 2.29. The number of rotatable bonds is 15. The lowest BCUT2D eigenvalue weighted by Gasteiger charge is -2.25. The summed E-state index contributed by atoms with van der Waals surface area (Å²) < 4.78 is 82.7. The number of ether oxygens (including phenoxy) is 2. The van der Waals surface area contributed by atoms with Gasteiger partial charge in [-0.2, -0.15) is 16.8 Å². The molecule has 9 aromatic carbocycles. The van der Waals surface area contributed by atoms with Gasteiger partial charge in [0.2, 0.25) is 0 Å². The summed E-state index contributed by atoms with van der Waals surface area (Å²) in [7, 11) is -6.83. The molecular formula is C55H44N4O12S2. The van der Waals surface area contributed by atoms with Crippen LogP contribution in [-0.2, 0) is 20.2 Å². The van der Waals surface area contributed by atoms with Crippen LogP contribution >= 0.6 is 0 Å². The maximum absolute atomic E-state index is 12.6. The zero-order valence-corrected chi connectivity index (χ0v) is 40.3. The first-order valence-corrected chi connectivity index (χ1v) is 25.2. The van der Waals surface area contributed by atoms with Crippen molar-refractivity contribution in [3.05, 3.63) is 215 Å². The number of phenols is 2. The van der Waals surface area contributed by atoms with E-state index in [0.29, 0.717) is 22.3 Å². The van der Waals surface area contributed by atoms with Crippen molar-refractivity contribution in [3.8, 4) is 23.0 Å². The van der Waals surface area contributed by atoms with Crippen LogP contribution in [-0.4, -0.2) is 60.6 Å². The summed E-state index contributed by atoms with van der Waals surface area (Å²) in [6, 6.07) is 47.5. The number of azo groups is 2. The van der Waals surface area contributed by atoms with E-state index in [1.807, 2.05) is 30.3 Å². The molecule has 6 N–H and O–H groups in total. The van der Waals surface area contributed by atoms with Crippen molar-refractivity contribution in [2.75, 3.05) is 14.2 Å². The SMILES string of the molecule is COc1cc(C(c2ccccc2)c2cc(OC)c(/N=N/c3cc(S(=O)(=O)O)c4ccccc4c3O)c(C(O)c3ccccc3)c2)cc(C(O)c2ccccc2)c1/N=N/c1cc(S(=O)(=O)O)c2ccccc2c1O. The molecule has 0 radical (unpaired) electrons. The average molecular weight is 1020 g/mol. The summed E-state index contributed by atoms with van der Waals surface area (Å²) in [5, 5.41) is 65.1. The van der Waals surface area contributed by atoms with Gasteiger partial charge in [-0.3, -0.25) is 9.11 Å². The number of nitrogens with zero attached hydrogens (tertiary/aromatic N) is 4. The Bertz CT molecular complexity index is 3610. The lowest BCUT2D eigenvalue weighted by atomic mass is 9.81. The number of fused-ring (bicyclic) bond motifs is 2. The monoisotopic (exact) mass is 1020 g/mol. The van der Waals surface area contributed by atoms with E-state index in [4.69, 9.17) is 9.47 Å². The van der Waals surface area contributed by atoms with Gasteiger partial charge in [0.25, 0.3) is 20.2 Å². The Morgan fingerprint density at radius 3 is 1.08 bits per heavy atom. The van der Waals surface area contributed by atoms with Crippen LogP contribution in [0.1, 0.15) is 57.1 Å². The number of hydrogen-bond donors (Lipinski definition) is 6. The molecule has 0 fully saturated rings. The second-order valence-corrected chi connectivity index (χ2v) is 19.5. The summed E-state index contributed by atoms with van der Waals surface area (Å²) in [4.78, 5) is -1.02. The molecule has 0 aliphatic carbocycles. The molecule has 0 spiro atoms. The Hall–Kier alpha value is -8.36. The molecule has 0 bridgehead atoms. The minimum absolute atomic E-state index is 0.0120. The van der Waals surface area contributed by atoms with Gasteiger partial charge in [0.15, 0.2) is 11.5 Å². The quantitative estimate of drug-likeness (QED) is 0.0318. The molecule has 9 aromatic rings. The fourth-order valence-electron chi connectivity index (χ4n) is 8.84. The van der Waals surface area contributed by atoms with E-state index in [1.165, 1.54) is 38.5 Å². The van der Waals surface area contributed by atoms with E-state index in [0.717, 1.165) is 17.7 Å². The fourth-order valence-corrected chi connectivity index (χ4v) is 10.3. The van der Waals surface area contributed by atoms with Crippen LogP contribution in [0.4, 0.5) is 22.7 Å². The fraction of sp³-hybridized carbons (Fsp3) is 0.0909. The minimum atomic E-state index is -4.81. The predicted molar refractivity (Wildman–Crippen MR) is 274 cm³/mol. The highest BCUT2D eigenvalue weighted by atomic mass is 32.2.